The van der Waals surface area contributed by atoms with Crippen LogP contribution in [0.3, 0.4) is 0 Å². The van der Waals surface area contributed by atoms with Crippen molar-refractivity contribution >= 4 is 23.4 Å². The topological polar surface area (TPSA) is 76.5 Å². The van der Waals surface area contributed by atoms with E-state index in [1.807, 2.05) is 60.7 Å². The highest BCUT2D eigenvalue weighted by molar-refractivity contribution is 6.32. The van der Waals surface area contributed by atoms with Gasteiger partial charge in [0.25, 0.3) is 5.56 Å². The smallest absolute Gasteiger partial charge is 0.326 e. The van der Waals surface area contributed by atoms with E-state index in [4.69, 9.17) is 16.3 Å². The van der Waals surface area contributed by atoms with Crippen LogP contribution in [-0.2, 0) is 22.7 Å². The lowest BCUT2D eigenvalue weighted by molar-refractivity contribution is -0.145. The molecule has 1 aromatic heterocycles. The van der Waals surface area contributed by atoms with Crippen LogP contribution in [0.2, 0.25) is 5.15 Å². The van der Waals surface area contributed by atoms with Crippen LogP contribution >= 0.6 is 11.6 Å². The summed E-state index contributed by atoms with van der Waals surface area (Å²) in [6.45, 7) is 3.40. The first kappa shape index (κ1) is 24.0. The first-order valence-corrected chi connectivity index (χ1v) is 12.0. The number of hydrogen-bond donors (Lipinski definition) is 1. The van der Waals surface area contributed by atoms with Crippen LogP contribution in [-0.4, -0.2) is 46.6 Å². The third-order valence-corrected chi connectivity index (χ3v) is 6.13. The van der Waals surface area contributed by atoms with Crippen LogP contribution in [0.15, 0.2) is 65.5 Å². The molecule has 4 rings (SSSR count). The molecule has 0 radical (unpaired) electrons. The van der Waals surface area contributed by atoms with Gasteiger partial charge in [0.15, 0.2) is 11.0 Å². The van der Waals surface area contributed by atoms with E-state index in [1.54, 1.807) is 0 Å². The van der Waals surface area contributed by atoms with Crippen molar-refractivity contribution in [3.05, 3.63) is 81.7 Å². The normalized spacial score (nSPS) is 14.0. The zero-order chi connectivity index (χ0) is 23.8. The quantitative estimate of drug-likeness (QED) is 0.462. The lowest BCUT2D eigenvalue weighted by Gasteiger charge is -2.26. The molecule has 1 aliphatic rings. The highest BCUT2D eigenvalue weighted by Crippen LogP contribution is 2.26. The molecule has 1 saturated heterocycles. The molecule has 0 unspecified atom stereocenters. The maximum atomic E-state index is 13.4. The van der Waals surface area contributed by atoms with E-state index in [1.165, 1.54) is 23.8 Å². The van der Waals surface area contributed by atoms with Crippen LogP contribution in [0.5, 0.6) is 0 Å². The van der Waals surface area contributed by atoms with Crippen LogP contribution in [0, 0.1) is 0 Å². The minimum atomic E-state index is -0.523. The molecule has 0 amide bonds. The van der Waals surface area contributed by atoms with Gasteiger partial charge in [-0.1, -0.05) is 78.7 Å². The Balaban J connectivity index is 1.54. The van der Waals surface area contributed by atoms with E-state index in [-0.39, 0.29) is 24.1 Å². The zero-order valence-corrected chi connectivity index (χ0v) is 19.8. The predicted octanol–water partition coefficient (Wildman–Crippen LogP) is 4.20. The second-order valence-electron chi connectivity index (χ2n) is 8.33. The Hall–Kier alpha value is -3.16. The lowest BCUT2D eigenvalue weighted by atomic mass is 10.1. The van der Waals surface area contributed by atoms with Gasteiger partial charge in [-0.05, 0) is 31.5 Å². The first-order chi connectivity index (χ1) is 16.6. The maximum Gasteiger partial charge on any atom is 0.326 e. The van der Waals surface area contributed by atoms with Crippen LogP contribution < -0.4 is 10.9 Å². The molecule has 7 nitrogen and oxygen atoms in total. The lowest BCUT2D eigenvalue weighted by Crippen LogP contribution is -2.35. The summed E-state index contributed by atoms with van der Waals surface area (Å²) in [7, 11) is 0. The van der Waals surface area contributed by atoms with Crippen LogP contribution in [0.25, 0.3) is 11.3 Å². The number of carbonyl (C=O) groups is 1. The van der Waals surface area contributed by atoms with Crippen molar-refractivity contribution in [1.82, 2.24) is 14.5 Å². The van der Waals surface area contributed by atoms with Crippen LogP contribution in [0.1, 0.15) is 24.8 Å². The van der Waals surface area contributed by atoms with E-state index in [9.17, 15) is 9.59 Å². The number of piperidine rings is 1. The molecule has 8 heteroatoms. The molecular formula is C26H29ClN4O3. The fraction of sp³-hybridized carbons (Fsp3) is 0.346. The maximum absolute atomic E-state index is 13.4. The summed E-state index contributed by atoms with van der Waals surface area (Å²) in [6.07, 6.45) is 3.68. The minimum absolute atomic E-state index is 0.134. The van der Waals surface area contributed by atoms with Crippen molar-refractivity contribution in [2.75, 3.05) is 31.5 Å². The van der Waals surface area contributed by atoms with Gasteiger partial charge in [-0.15, -0.1) is 0 Å². The molecule has 178 valence electrons. The first-order valence-electron chi connectivity index (χ1n) is 11.6. The molecule has 0 bridgehead atoms. The minimum Gasteiger partial charge on any atom is -0.459 e. The number of nitrogens with one attached hydrogen (secondary N) is 1. The standard InChI is InChI=1S/C26H29ClN4O3/c27-24-23(21-12-6-2-7-13-21)31(18-22(32)34-19-20-10-4-1-5-11-20)26(33)25(29-24)28-14-17-30-15-8-3-9-16-30/h1-2,4-7,10-13H,3,8-9,14-19H2,(H,28,29). The highest BCUT2D eigenvalue weighted by atomic mass is 35.5. The van der Waals surface area contributed by atoms with Gasteiger partial charge in [-0.2, -0.15) is 0 Å². The fourth-order valence-corrected chi connectivity index (χ4v) is 4.40. The molecule has 0 saturated carbocycles. The number of ether oxygens (including phenoxy) is 1. The van der Waals surface area contributed by atoms with E-state index >= 15 is 0 Å². The monoisotopic (exact) mass is 480 g/mol. The Morgan fingerprint density at radius 2 is 1.68 bits per heavy atom. The summed E-state index contributed by atoms with van der Waals surface area (Å²) in [5.41, 5.74) is 1.57. The van der Waals surface area contributed by atoms with E-state index in [0.717, 1.165) is 25.2 Å². The second kappa shape index (κ2) is 11.8. The van der Waals surface area contributed by atoms with Crippen molar-refractivity contribution in [3.8, 4) is 11.3 Å². The number of benzene rings is 2. The Kier molecular flexibility index (Phi) is 8.33. The van der Waals surface area contributed by atoms with E-state index < -0.39 is 11.5 Å². The summed E-state index contributed by atoms with van der Waals surface area (Å²) in [5, 5.41) is 3.28. The Bertz CT molecular complexity index is 1150. The third kappa shape index (κ3) is 6.24. The van der Waals surface area contributed by atoms with Gasteiger partial charge in [-0.25, -0.2) is 4.98 Å². The van der Waals surface area contributed by atoms with Crippen molar-refractivity contribution in [3.63, 3.8) is 0 Å². The molecule has 34 heavy (non-hydrogen) atoms. The van der Waals surface area contributed by atoms with Gasteiger partial charge in [-0.3, -0.25) is 14.2 Å². The summed E-state index contributed by atoms with van der Waals surface area (Å²) in [4.78, 5) is 32.8. The number of likely N-dealkylation sites (tertiary alicyclic amines) is 1. The van der Waals surface area contributed by atoms with Gasteiger partial charge >= 0.3 is 5.97 Å². The number of carbonyl (C=O) groups excluding carboxylic acids is 1. The van der Waals surface area contributed by atoms with Crippen molar-refractivity contribution in [1.29, 1.82) is 0 Å². The number of anilines is 1. The summed E-state index contributed by atoms with van der Waals surface area (Å²) < 4.78 is 6.78. The number of esters is 1. The molecule has 2 aromatic carbocycles. The highest BCUT2D eigenvalue weighted by Gasteiger charge is 2.20. The number of nitrogens with zero attached hydrogens (tertiary/aromatic N) is 3. The fourth-order valence-electron chi connectivity index (χ4n) is 4.10. The average Bonchev–Trinajstić information content (AvgIpc) is 2.87. The van der Waals surface area contributed by atoms with Gasteiger partial charge in [0.05, 0.1) is 5.69 Å². The van der Waals surface area contributed by atoms with Crippen molar-refractivity contribution in [2.45, 2.75) is 32.4 Å². The van der Waals surface area contributed by atoms with Gasteiger partial charge in [0, 0.05) is 18.7 Å². The average molecular weight is 481 g/mol. The zero-order valence-electron chi connectivity index (χ0n) is 19.1. The molecule has 1 fully saturated rings. The Morgan fingerprint density at radius 3 is 2.38 bits per heavy atom. The van der Waals surface area contributed by atoms with Crippen molar-refractivity contribution in [2.24, 2.45) is 0 Å². The van der Waals surface area contributed by atoms with Crippen molar-refractivity contribution < 1.29 is 9.53 Å². The number of halogens is 1. The largest absolute Gasteiger partial charge is 0.459 e. The molecule has 0 spiro atoms. The predicted molar refractivity (Wildman–Crippen MR) is 134 cm³/mol. The Labute approximate surface area is 204 Å². The molecule has 0 aliphatic carbocycles. The molecule has 1 N–H and O–H groups in total. The second-order valence-corrected chi connectivity index (χ2v) is 8.69. The molecule has 1 aliphatic heterocycles. The van der Waals surface area contributed by atoms with Gasteiger partial charge in [0.1, 0.15) is 13.2 Å². The number of hydrogen-bond acceptors (Lipinski definition) is 6. The van der Waals surface area contributed by atoms with Gasteiger partial charge < -0.3 is 15.0 Å². The molecular weight excluding hydrogens is 452 g/mol. The van der Waals surface area contributed by atoms with E-state index in [0.29, 0.717) is 17.8 Å². The van der Waals surface area contributed by atoms with Gasteiger partial charge in [0.2, 0.25) is 0 Å². The van der Waals surface area contributed by atoms with Crippen LogP contribution in [0.4, 0.5) is 5.82 Å². The number of rotatable bonds is 9. The SMILES string of the molecule is O=C(Cn1c(-c2ccccc2)c(Cl)nc(NCCN2CCCCC2)c1=O)OCc1ccccc1. The molecule has 3 aromatic rings. The summed E-state index contributed by atoms with van der Waals surface area (Å²) in [6, 6.07) is 18.6. The third-order valence-electron chi connectivity index (χ3n) is 5.87. The Morgan fingerprint density at radius 1 is 1.00 bits per heavy atom. The van der Waals surface area contributed by atoms with E-state index in [2.05, 4.69) is 15.2 Å². The summed E-state index contributed by atoms with van der Waals surface area (Å²) in [5.74, 6) is -0.387. The molecule has 0 atom stereocenters. The molecule has 2 heterocycles. The summed E-state index contributed by atoms with van der Waals surface area (Å²) >= 11 is 6.55. The number of aromatic nitrogens is 2.